The normalized spacial score (nSPS) is 15.8. The molecule has 2 aromatic heterocycles. The van der Waals surface area contributed by atoms with E-state index in [1.54, 1.807) is 17.9 Å². The number of amides is 2. The van der Waals surface area contributed by atoms with Gasteiger partial charge in [0, 0.05) is 24.4 Å². The number of anilines is 1. The van der Waals surface area contributed by atoms with Crippen molar-refractivity contribution in [2.75, 3.05) is 11.9 Å². The number of hydrogen-bond donors (Lipinski definition) is 1. The zero-order chi connectivity index (χ0) is 20.5. The second-order valence-corrected chi connectivity index (χ2v) is 9.85. The van der Waals surface area contributed by atoms with E-state index in [0.717, 1.165) is 17.5 Å². The van der Waals surface area contributed by atoms with Crippen LogP contribution in [0.1, 0.15) is 30.5 Å². The van der Waals surface area contributed by atoms with Crippen LogP contribution in [0.2, 0.25) is 8.67 Å². The Labute approximate surface area is 186 Å². The number of thiazole rings is 1. The van der Waals surface area contributed by atoms with Gasteiger partial charge in [0.15, 0.2) is 5.13 Å². The second kappa shape index (κ2) is 8.44. The first kappa shape index (κ1) is 20.3. The molecule has 1 aliphatic rings. The lowest BCUT2D eigenvalue weighted by atomic mass is 9.90. The molecule has 0 saturated heterocycles. The van der Waals surface area contributed by atoms with E-state index in [4.69, 9.17) is 23.2 Å². The van der Waals surface area contributed by atoms with Gasteiger partial charge in [-0.25, -0.2) is 4.98 Å². The van der Waals surface area contributed by atoms with Crippen LogP contribution in [0.3, 0.4) is 0 Å². The van der Waals surface area contributed by atoms with Crippen LogP contribution in [-0.2, 0) is 16.0 Å². The maximum Gasteiger partial charge on any atom is 0.228 e. The lowest BCUT2D eigenvalue weighted by molar-refractivity contribution is -0.132. The smallest absolute Gasteiger partial charge is 0.228 e. The van der Waals surface area contributed by atoms with Crippen LogP contribution in [0.25, 0.3) is 11.3 Å². The lowest BCUT2D eigenvalue weighted by Gasteiger charge is -2.36. The van der Waals surface area contributed by atoms with Gasteiger partial charge in [0.25, 0.3) is 0 Å². The molecule has 0 aliphatic carbocycles. The Kier molecular flexibility index (Phi) is 5.92. The van der Waals surface area contributed by atoms with Crippen LogP contribution < -0.4 is 5.32 Å². The van der Waals surface area contributed by atoms with Gasteiger partial charge in [0.2, 0.25) is 11.8 Å². The van der Waals surface area contributed by atoms with Crippen molar-refractivity contribution in [3.63, 3.8) is 0 Å². The molecular weight excluding hydrogens is 449 g/mol. The van der Waals surface area contributed by atoms with E-state index in [1.165, 1.54) is 28.2 Å². The third kappa shape index (κ3) is 4.33. The third-order valence-corrected chi connectivity index (χ3v) is 7.12. The van der Waals surface area contributed by atoms with Crippen molar-refractivity contribution in [2.45, 2.75) is 25.8 Å². The molecule has 150 valence electrons. The SMILES string of the molecule is CC(=O)N1CCc2ccccc2C1CC(=O)Nc1nc(-c2cc(Cl)sc2Cl)cs1. The van der Waals surface area contributed by atoms with Gasteiger partial charge in [-0.3, -0.25) is 9.59 Å². The molecule has 4 rings (SSSR count). The predicted molar refractivity (Wildman–Crippen MR) is 119 cm³/mol. The van der Waals surface area contributed by atoms with E-state index in [0.29, 0.717) is 26.0 Å². The van der Waals surface area contributed by atoms with E-state index in [1.807, 2.05) is 23.6 Å². The number of thiophene rings is 1. The molecule has 3 heterocycles. The van der Waals surface area contributed by atoms with Crippen LogP contribution in [0.4, 0.5) is 5.13 Å². The first-order chi connectivity index (χ1) is 13.9. The molecule has 2 amide bonds. The molecule has 3 aromatic rings. The van der Waals surface area contributed by atoms with Crippen molar-refractivity contribution in [1.82, 2.24) is 9.88 Å². The molecule has 0 bridgehead atoms. The fourth-order valence-corrected chi connectivity index (χ4v) is 5.77. The highest BCUT2D eigenvalue weighted by molar-refractivity contribution is 7.20. The molecule has 0 radical (unpaired) electrons. The highest BCUT2D eigenvalue weighted by Crippen LogP contribution is 2.39. The van der Waals surface area contributed by atoms with E-state index in [9.17, 15) is 9.59 Å². The number of nitrogens with zero attached hydrogens (tertiary/aromatic N) is 2. The third-order valence-electron chi connectivity index (χ3n) is 4.88. The number of aromatic nitrogens is 1. The molecule has 0 spiro atoms. The Morgan fingerprint density at radius 2 is 2.10 bits per heavy atom. The number of carbonyl (C=O) groups is 2. The molecule has 1 N–H and O–H groups in total. The summed E-state index contributed by atoms with van der Waals surface area (Å²) in [5.41, 5.74) is 3.64. The zero-order valence-electron chi connectivity index (χ0n) is 15.4. The number of rotatable bonds is 4. The number of benzene rings is 1. The summed E-state index contributed by atoms with van der Waals surface area (Å²) in [7, 11) is 0. The molecule has 1 aliphatic heterocycles. The quantitative estimate of drug-likeness (QED) is 0.540. The standard InChI is InChI=1S/C20H17Cl2N3O2S2/c1-11(26)25-7-6-12-4-2-3-5-13(12)16(25)9-18(27)24-20-23-15(10-28-20)14-8-17(21)29-19(14)22/h2-5,8,10,16H,6-7,9H2,1H3,(H,23,24,27). The molecule has 1 atom stereocenters. The van der Waals surface area contributed by atoms with Gasteiger partial charge in [-0.2, -0.15) is 0 Å². The van der Waals surface area contributed by atoms with Gasteiger partial charge in [0.1, 0.15) is 4.34 Å². The summed E-state index contributed by atoms with van der Waals surface area (Å²) in [5, 5.41) is 5.17. The monoisotopic (exact) mass is 465 g/mol. The summed E-state index contributed by atoms with van der Waals surface area (Å²) in [6, 6.07) is 9.46. The summed E-state index contributed by atoms with van der Waals surface area (Å²) < 4.78 is 1.15. The summed E-state index contributed by atoms with van der Waals surface area (Å²) in [5.74, 6) is -0.217. The maximum atomic E-state index is 12.7. The highest BCUT2D eigenvalue weighted by atomic mass is 35.5. The highest BCUT2D eigenvalue weighted by Gasteiger charge is 2.30. The molecular formula is C20H17Cl2N3O2S2. The van der Waals surface area contributed by atoms with Gasteiger partial charge in [-0.15, -0.1) is 22.7 Å². The minimum absolute atomic E-state index is 0.0298. The number of hydrogen-bond acceptors (Lipinski definition) is 5. The van der Waals surface area contributed by atoms with Crippen molar-refractivity contribution in [3.05, 3.63) is 55.5 Å². The summed E-state index contributed by atoms with van der Waals surface area (Å²) in [4.78, 5) is 31.1. The molecule has 5 nitrogen and oxygen atoms in total. The first-order valence-corrected chi connectivity index (χ1v) is 11.4. The van der Waals surface area contributed by atoms with E-state index < -0.39 is 0 Å². The van der Waals surface area contributed by atoms with Gasteiger partial charge < -0.3 is 10.2 Å². The lowest BCUT2D eigenvalue weighted by Crippen LogP contribution is -2.40. The Balaban J connectivity index is 1.51. The van der Waals surface area contributed by atoms with Crippen molar-refractivity contribution in [2.24, 2.45) is 0 Å². The van der Waals surface area contributed by atoms with Crippen LogP contribution in [0.15, 0.2) is 35.7 Å². The summed E-state index contributed by atoms with van der Waals surface area (Å²) >= 11 is 14.8. The Hall–Kier alpha value is -1.93. The molecule has 1 aromatic carbocycles. The summed E-state index contributed by atoms with van der Waals surface area (Å²) in [6.07, 6.45) is 0.976. The number of halogens is 2. The largest absolute Gasteiger partial charge is 0.335 e. The first-order valence-electron chi connectivity index (χ1n) is 8.98. The van der Waals surface area contributed by atoms with Gasteiger partial charge in [-0.05, 0) is 23.6 Å². The molecule has 1 unspecified atom stereocenters. The van der Waals surface area contributed by atoms with Crippen LogP contribution >= 0.6 is 45.9 Å². The van der Waals surface area contributed by atoms with E-state index >= 15 is 0 Å². The molecule has 29 heavy (non-hydrogen) atoms. The van der Waals surface area contributed by atoms with Crippen molar-refractivity contribution >= 4 is 62.8 Å². The topological polar surface area (TPSA) is 62.3 Å². The Morgan fingerprint density at radius 1 is 1.31 bits per heavy atom. The van der Waals surface area contributed by atoms with Crippen molar-refractivity contribution < 1.29 is 9.59 Å². The minimum Gasteiger partial charge on any atom is -0.335 e. The van der Waals surface area contributed by atoms with Crippen LogP contribution in [0.5, 0.6) is 0 Å². The molecule has 0 fully saturated rings. The number of carbonyl (C=O) groups excluding carboxylic acids is 2. The summed E-state index contributed by atoms with van der Waals surface area (Å²) in [6.45, 7) is 2.16. The Morgan fingerprint density at radius 3 is 2.83 bits per heavy atom. The number of nitrogens with one attached hydrogen (secondary N) is 1. The molecule has 9 heteroatoms. The average molecular weight is 466 g/mol. The fourth-order valence-electron chi connectivity index (χ4n) is 3.56. The average Bonchev–Trinajstić information content (AvgIpc) is 3.27. The van der Waals surface area contributed by atoms with Crippen molar-refractivity contribution in [3.8, 4) is 11.3 Å². The van der Waals surface area contributed by atoms with Gasteiger partial charge in [-0.1, -0.05) is 47.5 Å². The van der Waals surface area contributed by atoms with Gasteiger partial charge in [0.05, 0.1) is 22.5 Å². The Bertz CT molecular complexity index is 1080. The minimum atomic E-state index is -0.276. The van der Waals surface area contributed by atoms with Gasteiger partial charge >= 0.3 is 0 Å². The van der Waals surface area contributed by atoms with E-state index in [-0.39, 0.29) is 24.3 Å². The zero-order valence-corrected chi connectivity index (χ0v) is 18.6. The van der Waals surface area contributed by atoms with E-state index in [2.05, 4.69) is 16.4 Å². The van der Waals surface area contributed by atoms with Crippen molar-refractivity contribution in [1.29, 1.82) is 0 Å². The molecule has 0 saturated carbocycles. The van der Waals surface area contributed by atoms with Crippen LogP contribution in [-0.4, -0.2) is 28.2 Å². The number of fused-ring (bicyclic) bond motifs is 1. The second-order valence-electron chi connectivity index (χ2n) is 6.71. The van der Waals surface area contributed by atoms with Crippen LogP contribution in [0, 0.1) is 0 Å². The fraction of sp³-hybridized carbons (Fsp3) is 0.250. The maximum absolute atomic E-state index is 12.7. The predicted octanol–water partition coefficient (Wildman–Crippen LogP) is 5.65.